The molecule has 90 valence electrons. The lowest BCUT2D eigenvalue weighted by molar-refractivity contribution is 0.177. The minimum absolute atomic E-state index is 0.0429. The van der Waals surface area contributed by atoms with Gasteiger partial charge in [-0.25, -0.2) is 4.98 Å². The molecule has 4 nitrogen and oxygen atoms in total. The Labute approximate surface area is 96.7 Å². The van der Waals surface area contributed by atoms with Gasteiger partial charge in [0.05, 0.1) is 17.9 Å². The standard InChI is InChI=1S/C12H20N2O2/c1-8(2)16-12-11(6-5-7-13-12)14-9(3)10(4)15/h5-10,14-15H,1-4H3. The Morgan fingerprint density at radius 3 is 2.56 bits per heavy atom. The minimum atomic E-state index is -0.424. The summed E-state index contributed by atoms with van der Waals surface area (Å²) < 4.78 is 5.57. The molecule has 0 bridgehead atoms. The van der Waals surface area contributed by atoms with Crippen molar-refractivity contribution in [2.24, 2.45) is 0 Å². The van der Waals surface area contributed by atoms with E-state index in [9.17, 15) is 5.11 Å². The van der Waals surface area contributed by atoms with E-state index in [1.807, 2.05) is 32.9 Å². The molecule has 1 heterocycles. The lowest BCUT2D eigenvalue weighted by Gasteiger charge is -2.20. The summed E-state index contributed by atoms with van der Waals surface area (Å²) in [6.07, 6.45) is 1.35. The van der Waals surface area contributed by atoms with Gasteiger partial charge < -0.3 is 15.2 Å². The number of ether oxygens (including phenoxy) is 1. The lowest BCUT2D eigenvalue weighted by Crippen LogP contribution is -2.28. The van der Waals surface area contributed by atoms with Crippen LogP contribution in [0.4, 0.5) is 5.69 Å². The topological polar surface area (TPSA) is 54.4 Å². The van der Waals surface area contributed by atoms with Gasteiger partial charge in [0.25, 0.3) is 0 Å². The van der Waals surface area contributed by atoms with Gasteiger partial charge in [0.15, 0.2) is 0 Å². The third-order valence-corrected chi connectivity index (χ3v) is 2.23. The maximum Gasteiger partial charge on any atom is 0.237 e. The second kappa shape index (κ2) is 5.70. The van der Waals surface area contributed by atoms with Gasteiger partial charge in [0.2, 0.25) is 5.88 Å². The van der Waals surface area contributed by atoms with Crippen LogP contribution in [0.3, 0.4) is 0 Å². The van der Waals surface area contributed by atoms with Gasteiger partial charge in [-0.1, -0.05) is 0 Å². The van der Waals surface area contributed by atoms with Crippen molar-refractivity contribution in [2.75, 3.05) is 5.32 Å². The molecular weight excluding hydrogens is 204 g/mol. The smallest absolute Gasteiger partial charge is 0.237 e. The van der Waals surface area contributed by atoms with Crippen molar-refractivity contribution in [1.29, 1.82) is 0 Å². The lowest BCUT2D eigenvalue weighted by atomic mass is 10.2. The zero-order valence-electron chi connectivity index (χ0n) is 10.3. The molecule has 2 N–H and O–H groups in total. The summed E-state index contributed by atoms with van der Waals surface area (Å²) in [6, 6.07) is 3.69. The highest BCUT2D eigenvalue weighted by molar-refractivity contribution is 5.52. The van der Waals surface area contributed by atoms with E-state index >= 15 is 0 Å². The normalized spacial score (nSPS) is 14.6. The van der Waals surface area contributed by atoms with E-state index in [-0.39, 0.29) is 12.1 Å². The van der Waals surface area contributed by atoms with Crippen LogP contribution in [-0.4, -0.2) is 28.3 Å². The van der Waals surface area contributed by atoms with Gasteiger partial charge in [-0.3, -0.25) is 0 Å². The van der Waals surface area contributed by atoms with Crippen molar-refractivity contribution < 1.29 is 9.84 Å². The molecule has 1 rings (SSSR count). The average molecular weight is 224 g/mol. The molecule has 0 saturated heterocycles. The zero-order chi connectivity index (χ0) is 12.1. The molecular formula is C12H20N2O2. The summed E-state index contributed by atoms with van der Waals surface area (Å²) in [4.78, 5) is 4.16. The first-order valence-corrected chi connectivity index (χ1v) is 5.57. The number of hydrogen-bond donors (Lipinski definition) is 2. The third-order valence-electron chi connectivity index (χ3n) is 2.23. The summed E-state index contributed by atoms with van der Waals surface area (Å²) >= 11 is 0. The molecule has 0 aliphatic heterocycles. The van der Waals surface area contributed by atoms with Gasteiger partial charge in [-0.15, -0.1) is 0 Å². The van der Waals surface area contributed by atoms with Crippen LogP contribution in [0.15, 0.2) is 18.3 Å². The molecule has 1 aromatic rings. The summed E-state index contributed by atoms with van der Waals surface area (Å²) in [7, 11) is 0. The molecule has 0 spiro atoms. The van der Waals surface area contributed by atoms with Crippen LogP contribution in [0.25, 0.3) is 0 Å². The number of rotatable bonds is 5. The number of aliphatic hydroxyl groups excluding tert-OH is 1. The predicted octanol–water partition coefficient (Wildman–Crippen LogP) is 2.05. The number of nitrogens with zero attached hydrogens (tertiary/aromatic N) is 1. The Morgan fingerprint density at radius 2 is 2.00 bits per heavy atom. The Morgan fingerprint density at radius 1 is 1.31 bits per heavy atom. The van der Waals surface area contributed by atoms with Crippen LogP contribution < -0.4 is 10.1 Å². The molecule has 0 aromatic carbocycles. The quantitative estimate of drug-likeness (QED) is 0.803. The zero-order valence-corrected chi connectivity index (χ0v) is 10.3. The van der Waals surface area contributed by atoms with Gasteiger partial charge in [0.1, 0.15) is 0 Å². The maximum absolute atomic E-state index is 9.43. The van der Waals surface area contributed by atoms with Crippen molar-refractivity contribution >= 4 is 5.69 Å². The fourth-order valence-electron chi connectivity index (χ4n) is 1.18. The molecule has 4 heteroatoms. The van der Waals surface area contributed by atoms with Crippen LogP contribution >= 0.6 is 0 Å². The van der Waals surface area contributed by atoms with E-state index in [0.29, 0.717) is 5.88 Å². The Hall–Kier alpha value is -1.29. The highest BCUT2D eigenvalue weighted by Crippen LogP contribution is 2.22. The molecule has 2 atom stereocenters. The van der Waals surface area contributed by atoms with Gasteiger partial charge in [0, 0.05) is 12.2 Å². The second-order valence-electron chi connectivity index (χ2n) is 4.20. The van der Waals surface area contributed by atoms with Crippen LogP contribution in [0.5, 0.6) is 5.88 Å². The second-order valence-corrected chi connectivity index (χ2v) is 4.20. The van der Waals surface area contributed by atoms with Crippen LogP contribution in [-0.2, 0) is 0 Å². The average Bonchev–Trinajstić information content (AvgIpc) is 2.20. The summed E-state index contributed by atoms with van der Waals surface area (Å²) in [5, 5.41) is 12.6. The minimum Gasteiger partial charge on any atom is -0.473 e. The largest absolute Gasteiger partial charge is 0.473 e. The number of nitrogens with one attached hydrogen (secondary N) is 1. The Bertz CT molecular complexity index is 327. The SMILES string of the molecule is CC(C)Oc1ncccc1NC(C)C(C)O. The van der Waals surface area contributed by atoms with Crippen molar-refractivity contribution in [1.82, 2.24) is 4.98 Å². The van der Waals surface area contributed by atoms with Crippen LogP contribution in [0.1, 0.15) is 27.7 Å². The predicted molar refractivity (Wildman–Crippen MR) is 64.8 cm³/mol. The van der Waals surface area contributed by atoms with E-state index in [1.54, 1.807) is 13.1 Å². The van der Waals surface area contributed by atoms with Gasteiger partial charge >= 0.3 is 0 Å². The van der Waals surface area contributed by atoms with Crippen LogP contribution in [0.2, 0.25) is 0 Å². The van der Waals surface area contributed by atoms with Crippen molar-refractivity contribution in [3.05, 3.63) is 18.3 Å². The van der Waals surface area contributed by atoms with E-state index in [4.69, 9.17) is 4.74 Å². The summed E-state index contributed by atoms with van der Waals surface area (Å²) in [5.41, 5.74) is 0.810. The fraction of sp³-hybridized carbons (Fsp3) is 0.583. The van der Waals surface area contributed by atoms with E-state index in [2.05, 4.69) is 10.3 Å². The van der Waals surface area contributed by atoms with E-state index in [0.717, 1.165) is 5.69 Å². The number of hydrogen-bond acceptors (Lipinski definition) is 4. The molecule has 0 aliphatic rings. The van der Waals surface area contributed by atoms with Crippen molar-refractivity contribution in [2.45, 2.75) is 45.9 Å². The van der Waals surface area contributed by atoms with E-state index < -0.39 is 6.10 Å². The monoisotopic (exact) mass is 224 g/mol. The molecule has 0 radical (unpaired) electrons. The molecule has 16 heavy (non-hydrogen) atoms. The summed E-state index contributed by atoms with van der Waals surface area (Å²) in [6.45, 7) is 7.57. The molecule has 0 amide bonds. The molecule has 2 unspecified atom stereocenters. The maximum atomic E-state index is 9.43. The Kier molecular flexibility index (Phi) is 4.55. The molecule has 1 aromatic heterocycles. The third kappa shape index (κ3) is 3.70. The number of aliphatic hydroxyl groups is 1. The first-order valence-electron chi connectivity index (χ1n) is 5.57. The number of aromatic nitrogens is 1. The molecule has 0 saturated carbocycles. The Balaban J connectivity index is 2.78. The van der Waals surface area contributed by atoms with Crippen molar-refractivity contribution in [3.63, 3.8) is 0 Å². The summed E-state index contributed by atoms with van der Waals surface area (Å²) in [5.74, 6) is 0.574. The first kappa shape index (κ1) is 12.8. The number of pyridine rings is 1. The fourth-order valence-corrected chi connectivity index (χ4v) is 1.18. The molecule has 0 aliphatic carbocycles. The van der Waals surface area contributed by atoms with Gasteiger partial charge in [-0.05, 0) is 39.8 Å². The highest BCUT2D eigenvalue weighted by atomic mass is 16.5. The highest BCUT2D eigenvalue weighted by Gasteiger charge is 2.12. The number of anilines is 1. The van der Waals surface area contributed by atoms with Gasteiger partial charge in [-0.2, -0.15) is 0 Å². The van der Waals surface area contributed by atoms with Crippen LogP contribution in [0, 0.1) is 0 Å². The van der Waals surface area contributed by atoms with E-state index in [1.165, 1.54) is 0 Å². The van der Waals surface area contributed by atoms with Crippen molar-refractivity contribution in [3.8, 4) is 5.88 Å². The molecule has 0 fully saturated rings. The first-order chi connectivity index (χ1) is 7.50.